The molecule has 1 heterocycles. The summed E-state index contributed by atoms with van der Waals surface area (Å²) >= 11 is 0. The van der Waals surface area contributed by atoms with Crippen LogP contribution in [0, 0.1) is 5.92 Å². The van der Waals surface area contributed by atoms with E-state index in [-0.39, 0.29) is 23.3 Å². The average molecular weight is 612 g/mol. The van der Waals surface area contributed by atoms with E-state index in [1.54, 1.807) is 7.11 Å². The quantitative estimate of drug-likeness (QED) is 0.146. The van der Waals surface area contributed by atoms with Gasteiger partial charge in [0.1, 0.15) is 18.3 Å². The predicted molar refractivity (Wildman–Crippen MR) is 183 cm³/mol. The van der Waals surface area contributed by atoms with Crippen LogP contribution in [0.1, 0.15) is 120 Å². The summed E-state index contributed by atoms with van der Waals surface area (Å²) in [6.45, 7) is 6.93. The minimum Gasteiger partial charge on any atom is -0.457 e. The van der Waals surface area contributed by atoms with Crippen LogP contribution in [-0.4, -0.2) is 25.9 Å². The Kier molecular flexibility index (Phi) is 11.7. The molecular weight excluding hydrogens is 558 g/mol. The van der Waals surface area contributed by atoms with Crippen molar-refractivity contribution >= 4 is 11.6 Å². The fraction of sp³-hybridized carbons (Fsp3) is 0.525. The van der Waals surface area contributed by atoms with Gasteiger partial charge in [-0.25, -0.2) is 0 Å². The SMILES string of the molecule is COCO[C@@H](CCCCC1CCCCC1)CCc1ccc(C(C)(C)C)c(NC(=O)CC2c3ccccc3Oc3ccccc32)c1. The van der Waals surface area contributed by atoms with Crippen LogP contribution in [0.3, 0.4) is 0 Å². The molecule has 242 valence electrons. The number of ether oxygens (including phenoxy) is 3. The molecule has 2 aliphatic rings. The number of aryl methyl sites for hydroxylation is 1. The first-order valence-corrected chi connectivity index (χ1v) is 17.2. The van der Waals surface area contributed by atoms with E-state index in [0.717, 1.165) is 59.1 Å². The third-order valence-corrected chi connectivity index (χ3v) is 9.65. The molecule has 1 saturated carbocycles. The van der Waals surface area contributed by atoms with Gasteiger partial charge in [0.05, 0.1) is 6.10 Å². The Morgan fingerprint density at radius 1 is 0.911 bits per heavy atom. The van der Waals surface area contributed by atoms with Gasteiger partial charge in [-0.2, -0.15) is 0 Å². The van der Waals surface area contributed by atoms with Crippen molar-refractivity contribution < 1.29 is 19.0 Å². The summed E-state index contributed by atoms with van der Waals surface area (Å²) in [5.41, 5.74) is 5.26. The molecule has 5 nitrogen and oxygen atoms in total. The standard InChI is InChI=1S/C40H53NO4/c1-40(2,3)35-25-23-30(22-24-31(44-28-43-4)17-9-8-16-29-14-6-5-7-15-29)26-36(35)41-39(42)27-34-32-18-10-12-20-37(32)45-38-21-13-11-19-33(34)38/h10-13,18-21,23,25-26,29,31,34H,5-9,14-17,22,24,27-28H2,1-4H3,(H,41,42)/t31-/m0/s1. The summed E-state index contributed by atoms with van der Waals surface area (Å²) < 4.78 is 17.6. The molecule has 0 spiro atoms. The van der Waals surface area contributed by atoms with Gasteiger partial charge in [-0.3, -0.25) is 4.79 Å². The predicted octanol–water partition coefficient (Wildman–Crippen LogP) is 10.3. The van der Waals surface area contributed by atoms with Crippen LogP contribution in [0.5, 0.6) is 11.5 Å². The number of benzene rings is 3. The minimum absolute atomic E-state index is 0.00780. The maximum absolute atomic E-state index is 13.8. The molecule has 1 atom stereocenters. The second kappa shape index (κ2) is 15.9. The monoisotopic (exact) mass is 611 g/mol. The zero-order chi connectivity index (χ0) is 31.6. The number of hydrogen-bond donors (Lipinski definition) is 1. The van der Waals surface area contributed by atoms with Crippen LogP contribution in [0.4, 0.5) is 5.69 Å². The largest absolute Gasteiger partial charge is 0.457 e. The third-order valence-electron chi connectivity index (χ3n) is 9.65. The summed E-state index contributed by atoms with van der Waals surface area (Å²) in [5.74, 6) is 2.52. The Bertz CT molecular complexity index is 1340. The van der Waals surface area contributed by atoms with Crippen LogP contribution >= 0.6 is 0 Å². The molecule has 45 heavy (non-hydrogen) atoms. The van der Waals surface area contributed by atoms with Gasteiger partial charge >= 0.3 is 0 Å². The fourth-order valence-corrected chi connectivity index (χ4v) is 7.20. The first-order chi connectivity index (χ1) is 21.8. The zero-order valence-corrected chi connectivity index (χ0v) is 27.9. The molecule has 0 aromatic heterocycles. The van der Waals surface area contributed by atoms with Crippen molar-refractivity contribution in [2.75, 3.05) is 19.2 Å². The van der Waals surface area contributed by atoms with Crippen LogP contribution in [0.15, 0.2) is 66.7 Å². The fourth-order valence-electron chi connectivity index (χ4n) is 7.20. The van der Waals surface area contributed by atoms with E-state index in [1.807, 2.05) is 36.4 Å². The number of carbonyl (C=O) groups excluding carboxylic acids is 1. The molecule has 0 bridgehead atoms. The number of carbonyl (C=O) groups is 1. The first-order valence-electron chi connectivity index (χ1n) is 17.2. The molecule has 0 radical (unpaired) electrons. The van der Waals surface area contributed by atoms with Crippen LogP contribution in [0.2, 0.25) is 0 Å². The Hall–Kier alpha value is -3.15. The number of rotatable bonds is 14. The van der Waals surface area contributed by atoms with Crippen molar-refractivity contribution in [1.82, 2.24) is 0 Å². The molecule has 1 aliphatic heterocycles. The van der Waals surface area contributed by atoms with Crippen molar-refractivity contribution in [3.8, 4) is 11.5 Å². The minimum atomic E-state index is -0.110. The number of fused-ring (bicyclic) bond motifs is 2. The molecule has 5 rings (SSSR count). The van der Waals surface area contributed by atoms with Crippen molar-refractivity contribution in [2.45, 2.75) is 115 Å². The second-order valence-electron chi connectivity index (χ2n) is 14.1. The smallest absolute Gasteiger partial charge is 0.225 e. The molecule has 1 N–H and O–H groups in total. The Morgan fingerprint density at radius 3 is 2.27 bits per heavy atom. The molecular formula is C40H53NO4. The van der Waals surface area contributed by atoms with Gasteiger partial charge in [-0.1, -0.05) is 121 Å². The van der Waals surface area contributed by atoms with Crippen LogP contribution in [-0.2, 0) is 26.1 Å². The lowest BCUT2D eigenvalue weighted by Gasteiger charge is -2.28. The summed E-state index contributed by atoms with van der Waals surface area (Å²) in [6.07, 6.45) is 14.3. The number of para-hydroxylation sites is 2. The van der Waals surface area contributed by atoms with E-state index in [4.69, 9.17) is 14.2 Å². The van der Waals surface area contributed by atoms with Gasteiger partial charge in [0.25, 0.3) is 0 Å². The molecule has 1 amide bonds. The molecule has 1 aliphatic carbocycles. The van der Waals surface area contributed by atoms with Crippen molar-refractivity contribution in [2.24, 2.45) is 5.92 Å². The van der Waals surface area contributed by atoms with Crippen molar-refractivity contribution in [1.29, 1.82) is 0 Å². The van der Waals surface area contributed by atoms with Crippen molar-refractivity contribution in [3.05, 3.63) is 89.0 Å². The zero-order valence-electron chi connectivity index (χ0n) is 27.9. The lowest BCUT2D eigenvalue weighted by atomic mass is 9.84. The number of unbranched alkanes of at least 4 members (excludes halogenated alkanes) is 1. The molecule has 3 aromatic carbocycles. The normalized spacial score (nSPS) is 16.0. The average Bonchev–Trinajstić information content (AvgIpc) is 3.04. The molecule has 5 heteroatoms. The summed E-state index contributed by atoms with van der Waals surface area (Å²) in [6, 6.07) is 22.7. The highest BCUT2D eigenvalue weighted by molar-refractivity contribution is 5.93. The number of hydrogen-bond acceptors (Lipinski definition) is 4. The van der Waals surface area contributed by atoms with E-state index in [1.165, 1.54) is 56.9 Å². The third kappa shape index (κ3) is 9.20. The number of methoxy groups -OCH3 is 1. The van der Waals surface area contributed by atoms with E-state index >= 15 is 0 Å². The topological polar surface area (TPSA) is 56.8 Å². The van der Waals surface area contributed by atoms with E-state index in [9.17, 15) is 4.79 Å². The number of nitrogens with one attached hydrogen (secondary N) is 1. The Labute approximate surface area is 271 Å². The Balaban J connectivity index is 1.24. The van der Waals surface area contributed by atoms with Gasteiger partial charge in [0.15, 0.2) is 0 Å². The molecule has 0 unspecified atom stereocenters. The number of anilines is 1. The Morgan fingerprint density at radius 2 is 1.60 bits per heavy atom. The molecule has 0 saturated heterocycles. The molecule has 1 fully saturated rings. The van der Waals surface area contributed by atoms with Gasteiger partial charge in [0, 0.05) is 36.3 Å². The van der Waals surface area contributed by atoms with Gasteiger partial charge in [0.2, 0.25) is 5.91 Å². The maximum atomic E-state index is 13.8. The van der Waals surface area contributed by atoms with Crippen LogP contribution in [0.25, 0.3) is 0 Å². The lowest BCUT2D eigenvalue weighted by molar-refractivity contribution is -0.116. The van der Waals surface area contributed by atoms with E-state index < -0.39 is 0 Å². The highest BCUT2D eigenvalue weighted by Gasteiger charge is 2.29. The summed E-state index contributed by atoms with van der Waals surface area (Å²) in [4.78, 5) is 13.8. The lowest BCUT2D eigenvalue weighted by Crippen LogP contribution is -2.22. The van der Waals surface area contributed by atoms with Crippen LogP contribution < -0.4 is 10.1 Å². The van der Waals surface area contributed by atoms with Gasteiger partial charge in [-0.15, -0.1) is 0 Å². The van der Waals surface area contributed by atoms with Gasteiger partial charge < -0.3 is 19.5 Å². The summed E-state index contributed by atoms with van der Waals surface area (Å²) in [7, 11) is 1.69. The first kappa shape index (κ1) is 33.2. The molecule has 3 aromatic rings. The summed E-state index contributed by atoms with van der Waals surface area (Å²) in [5, 5.41) is 3.33. The van der Waals surface area contributed by atoms with Crippen molar-refractivity contribution in [3.63, 3.8) is 0 Å². The highest BCUT2D eigenvalue weighted by Crippen LogP contribution is 2.45. The highest BCUT2D eigenvalue weighted by atomic mass is 16.7. The van der Waals surface area contributed by atoms with E-state index in [2.05, 4.69) is 56.4 Å². The number of amides is 1. The maximum Gasteiger partial charge on any atom is 0.225 e. The second-order valence-corrected chi connectivity index (χ2v) is 14.1. The van der Waals surface area contributed by atoms with Gasteiger partial charge in [-0.05, 0) is 59.9 Å². The van der Waals surface area contributed by atoms with E-state index in [0.29, 0.717) is 13.2 Å².